The fourth-order valence-electron chi connectivity index (χ4n) is 4.58. The predicted molar refractivity (Wildman–Crippen MR) is 132 cm³/mol. The Balaban J connectivity index is 1.46. The highest BCUT2D eigenvalue weighted by Crippen LogP contribution is 2.34. The van der Waals surface area contributed by atoms with E-state index in [1.54, 1.807) is 0 Å². The second-order valence-electron chi connectivity index (χ2n) is 8.54. The number of nitrogens with zero attached hydrogens (tertiary/aromatic N) is 3. The Labute approximate surface area is 195 Å². The molecule has 2 amide bonds. The van der Waals surface area contributed by atoms with E-state index in [0.717, 1.165) is 43.9 Å². The van der Waals surface area contributed by atoms with Crippen molar-refractivity contribution in [2.24, 2.45) is 0 Å². The van der Waals surface area contributed by atoms with Gasteiger partial charge < -0.3 is 9.80 Å². The van der Waals surface area contributed by atoms with Crippen LogP contribution < -0.4 is 4.90 Å². The minimum Gasteiger partial charge on any atom is -0.368 e. The summed E-state index contributed by atoms with van der Waals surface area (Å²) in [6.45, 7) is 5.88. The highest BCUT2D eigenvalue weighted by Gasteiger charge is 2.42. The molecule has 0 spiro atoms. The Bertz CT molecular complexity index is 931. The number of carbonyl (C=O) groups excluding carboxylic acids is 2. The van der Waals surface area contributed by atoms with Crippen molar-refractivity contribution < 1.29 is 9.59 Å². The van der Waals surface area contributed by atoms with Gasteiger partial charge in [-0.3, -0.25) is 14.5 Å². The number of para-hydroxylation sites is 1. The number of imide groups is 1. The fraction of sp³-hybridized carbons (Fsp3) is 0.462. The van der Waals surface area contributed by atoms with Crippen LogP contribution in [0.25, 0.3) is 5.57 Å². The average Bonchev–Trinajstić information content (AvgIpc) is 3.44. The van der Waals surface area contributed by atoms with Crippen LogP contribution in [-0.4, -0.2) is 54.3 Å². The predicted octanol–water partition coefficient (Wildman–Crippen LogP) is 5.01. The Kier molecular flexibility index (Phi) is 7.63. The lowest BCUT2D eigenvalue weighted by molar-refractivity contribution is -0.137. The van der Waals surface area contributed by atoms with Gasteiger partial charge in [-0.2, -0.15) is 0 Å². The van der Waals surface area contributed by atoms with Gasteiger partial charge in [-0.25, -0.2) is 0 Å². The van der Waals surface area contributed by atoms with Crippen LogP contribution in [0.2, 0.25) is 0 Å². The van der Waals surface area contributed by atoms with Gasteiger partial charge in [-0.1, -0.05) is 63.3 Å². The molecule has 2 aliphatic rings. The fourth-order valence-corrected chi connectivity index (χ4v) is 5.34. The molecule has 0 N–H and O–H groups in total. The third kappa shape index (κ3) is 4.90. The number of hydrogen-bond acceptors (Lipinski definition) is 5. The Hall–Kier alpha value is -2.60. The summed E-state index contributed by atoms with van der Waals surface area (Å²) in [7, 11) is 0. The number of benzene rings is 1. The molecule has 2 aromatic rings. The van der Waals surface area contributed by atoms with Crippen molar-refractivity contribution in [1.29, 1.82) is 0 Å². The normalized spacial score (nSPS) is 17.1. The molecular formula is C26H33N3O2S. The number of piperazine rings is 1. The number of unbranched alkanes of at least 4 members (excludes halogenated alkanes) is 5. The van der Waals surface area contributed by atoms with Gasteiger partial charge in [-0.15, -0.1) is 11.3 Å². The summed E-state index contributed by atoms with van der Waals surface area (Å²) in [6, 6.07) is 14.3. The van der Waals surface area contributed by atoms with Gasteiger partial charge in [0, 0.05) is 43.3 Å². The summed E-state index contributed by atoms with van der Waals surface area (Å²) in [5, 5.41) is 1.97. The highest BCUT2D eigenvalue weighted by atomic mass is 32.1. The molecule has 1 fully saturated rings. The largest absolute Gasteiger partial charge is 0.368 e. The third-order valence-corrected chi connectivity index (χ3v) is 7.25. The lowest BCUT2D eigenvalue weighted by atomic mass is 10.1. The van der Waals surface area contributed by atoms with Crippen molar-refractivity contribution in [3.05, 3.63) is 58.4 Å². The molecule has 32 heavy (non-hydrogen) atoms. The highest BCUT2D eigenvalue weighted by molar-refractivity contribution is 7.11. The third-order valence-electron chi connectivity index (χ3n) is 6.36. The first-order valence-corrected chi connectivity index (χ1v) is 12.8. The average molecular weight is 452 g/mol. The molecule has 6 heteroatoms. The van der Waals surface area contributed by atoms with Gasteiger partial charge in [0.2, 0.25) is 0 Å². The lowest BCUT2D eigenvalue weighted by Crippen LogP contribution is -2.47. The van der Waals surface area contributed by atoms with Crippen LogP contribution in [0.15, 0.2) is 53.5 Å². The van der Waals surface area contributed by atoms with Gasteiger partial charge in [0.15, 0.2) is 0 Å². The summed E-state index contributed by atoms with van der Waals surface area (Å²) in [6.07, 6.45) is 6.82. The molecule has 0 bridgehead atoms. The Morgan fingerprint density at radius 3 is 2.16 bits per heavy atom. The van der Waals surface area contributed by atoms with Crippen molar-refractivity contribution in [3.8, 4) is 0 Å². The van der Waals surface area contributed by atoms with E-state index in [4.69, 9.17) is 0 Å². The standard InChI is InChI=1S/C26H33N3O2S/c1-2-3-4-5-6-10-15-29-25(30)23(22-14-11-20-32-22)24(26(29)31)28-18-16-27(17-19-28)21-12-8-7-9-13-21/h7-9,11-14,20H,2-6,10,15-19H2,1H3. The molecule has 5 nitrogen and oxygen atoms in total. The van der Waals surface area contributed by atoms with Gasteiger partial charge in [-0.05, 0) is 30.0 Å². The van der Waals surface area contributed by atoms with E-state index >= 15 is 0 Å². The molecule has 170 valence electrons. The second kappa shape index (κ2) is 10.8. The first kappa shape index (κ1) is 22.6. The Morgan fingerprint density at radius 2 is 1.47 bits per heavy atom. The molecule has 0 unspecified atom stereocenters. The van der Waals surface area contributed by atoms with Crippen molar-refractivity contribution in [1.82, 2.24) is 9.80 Å². The molecule has 0 aliphatic carbocycles. The van der Waals surface area contributed by atoms with Gasteiger partial charge in [0.1, 0.15) is 5.70 Å². The zero-order chi connectivity index (χ0) is 22.3. The topological polar surface area (TPSA) is 43.9 Å². The van der Waals surface area contributed by atoms with E-state index in [9.17, 15) is 9.59 Å². The number of anilines is 1. The summed E-state index contributed by atoms with van der Waals surface area (Å²) in [5.74, 6) is -0.230. The summed E-state index contributed by atoms with van der Waals surface area (Å²) in [5.41, 5.74) is 2.42. The molecule has 0 radical (unpaired) electrons. The van der Waals surface area contributed by atoms with Crippen LogP contribution in [0, 0.1) is 0 Å². The quantitative estimate of drug-likeness (QED) is 0.376. The summed E-state index contributed by atoms with van der Waals surface area (Å²) < 4.78 is 0. The molecule has 4 rings (SSSR count). The first-order chi connectivity index (χ1) is 15.7. The maximum Gasteiger partial charge on any atom is 0.277 e. The van der Waals surface area contributed by atoms with Gasteiger partial charge in [0.05, 0.1) is 5.57 Å². The molecule has 2 aliphatic heterocycles. The maximum atomic E-state index is 13.4. The molecule has 1 saturated heterocycles. The van der Waals surface area contributed by atoms with E-state index in [0.29, 0.717) is 17.8 Å². The second-order valence-corrected chi connectivity index (χ2v) is 9.49. The minimum atomic E-state index is -0.119. The van der Waals surface area contributed by atoms with Crippen LogP contribution >= 0.6 is 11.3 Å². The molecular weight excluding hydrogens is 418 g/mol. The van der Waals surface area contributed by atoms with E-state index < -0.39 is 0 Å². The van der Waals surface area contributed by atoms with Crippen LogP contribution in [0.4, 0.5) is 5.69 Å². The number of carbonyl (C=O) groups is 2. The smallest absolute Gasteiger partial charge is 0.277 e. The first-order valence-electron chi connectivity index (χ1n) is 11.9. The maximum absolute atomic E-state index is 13.4. The molecule has 0 atom stereocenters. The van der Waals surface area contributed by atoms with Crippen LogP contribution in [0.1, 0.15) is 50.3 Å². The number of rotatable bonds is 10. The van der Waals surface area contributed by atoms with E-state index in [-0.39, 0.29) is 11.8 Å². The molecule has 3 heterocycles. The van der Waals surface area contributed by atoms with E-state index in [2.05, 4.69) is 41.0 Å². The monoisotopic (exact) mass is 451 g/mol. The van der Waals surface area contributed by atoms with E-state index in [1.165, 1.54) is 47.6 Å². The zero-order valence-corrected chi connectivity index (χ0v) is 19.8. The van der Waals surface area contributed by atoms with E-state index in [1.807, 2.05) is 23.6 Å². The molecule has 1 aromatic carbocycles. The number of hydrogen-bond donors (Lipinski definition) is 0. The van der Waals surface area contributed by atoms with Crippen LogP contribution in [0.3, 0.4) is 0 Å². The number of amides is 2. The summed E-state index contributed by atoms with van der Waals surface area (Å²) >= 11 is 1.54. The van der Waals surface area contributed by atoms with Gasteiger partial charge in [0.25, 0.3) is 11.8 Å². The summed E-state index contributed by atoms with van der Waals surface area (Å²) in [4.78, 5) is 33.6. The zero-order valence-electron chi connectivity index (χ0n) is 19.0. The van der Waals surface area contributed by atoms with Gasteiger partial charge >= 0.3 is 0 Å². The molecule has 0 saturated carbocycles. The SMILES string of the molecule is CCCCCCCCN1C(=O)C(c2cccs2)=C(N2CCN(c3ccccc3)CC2)C1=O. The van der Waals surface area contributed by atoms with Crippen molar-refractivity contribution in [2.75, 3.05) is 37.6 Å². The lowest BCUT2D eigenvalue weighted by Gasteiger charge is -2.37. The van der Waals surface area contributed by atoms with Crippen LogP contribution in [0.5, 0.6) is 0 Å². The molecule has 1 aromatic heterocycles. The van der Waals surface area contributed by atoms with Crippen molar-refractivity contribution in [3.63, 3.8) is 0 Å². The van der Waals surface area contributed by atoms with Crippen molar-refractivity contribution in [2.45, 2.75) is 45.4 Å². The number of thiophene rings is 1. The van der Waals surface area contributed by atoms with Crippen LogP contribution in [-0.2, 0) is 9.59 Å². The Morgan fingerprint density at radius 1 is 0.781 bits per heavy atom. The van der Waals surface area contributed by atoms with Crippen molar-refractivity contribution >= 4 is 34.4 Å². The minimum absolute atomic E-state index is 0.111.